The predicted molar refractivity (Wildman–Crippen MR) is 69.5 cm³/mol. The summed E-state index contributed by atoms with van der Waals surface area (Å²) in [4.78, 5) is 4.30. The van der Waals surface area contributed by atoms with Gasteiger partial charge in [0.15, 0.2) is 0 Å². The molecule has 2 nitrogen and oxygen atoms in total. The Kier molecular flexibility index (Phi) is 3.37. The van der Waals surface area contributed by atoms with E-state index in [1.807, 2.05) is 30.3 Å². The summed E-state index contributed by atoms with van der Waals surface area (Å²) in [5, 5.41) is 9.28. The molecule has 2 rings (SSSR count). The zero-order valence-corrected chi connectivity index (χ0v) is 10.1. The number of nitrogens with zero attached hydrogens (tertiary/aromatic N) is 1. The molecule has 0 heterocycles. The minimum atomic E-state index is 0.250. The van der Waals surface area contributed by atoms with E-state index < -0.39 is 0 Å². The second-order valence-corrected chi connectivity index (χ2v) is 4.25. The van der Waals surface area contributed by atoms with Crippen molar-refractivity contribution in [1.82, 2.24) is 0 Å². The summed E-state index contributed by atoms with van der Waals surface area (Å²) < 4.78 is 1.03. The van der Waals surface area contributed by atoms with E-state index in [2.05, 4.69) is 20.9 Å². The van der Waals surface area contributed by atoms with Crippen LogP contribution in [0.15, 0.2) is 58.0 Å². The Morgan fingerprint density at radius 2 is 1.81 bits per heavy atom. The largest absolute Gasteiger partial charge is 0.508 e. The van der Waals surface area contributed by atoms with Crippen molar-refractivity contribution in [3.63, 3.8) is 0 Å². The van der Waals surface area contributed by atoms with Crippen LogP contribution in [0.25, 0.3) is 0 Å². The number of halogens is 1. The topological polar surface area (TPSA) is 32.6 Å². The maximum absolute atomic E-state index is 9.28. The highest BCUT2D eigenvalue weighted by Gasteiger charge is 1.91. The number of phenolic OH excluding ortho intramolecular Hbond substituents is 1. The third-order valence-electron chi connectivity index (χ3n) is 2.06. The van der Waals surface area contributed by atoms with Crippen LogP contribution in [-0.2, 0) is 0 Å². The normalized spacial score (nSPS) is 10.8. The molecule has 0 bridgehead atoms. The Bertz CT molecular complexity index is 506. The summed E-state index contributed by atoms with van der Waals surface area (Å²) in [6.07, 6.45) is 1.73. The van der Waals surface area contributed by atoms with E-state index in [0.717, 1.165) is 15.7 Å². The quantitative estimate of drug-likeness (QED) is 0.829. The fourth-order valence-electron chi connectivity index (χ4n) is 1.28. The molecular weight excluding hydrogens is 266 g/mol. The second-order valence-electron chi connectivity index (χ2n) is 3.33. The summed E-state index contributed by atoms with van der Waals surface area (Å²) in [6.45, 7) is 0. The summed E-state index contributed by atoms with van der Waals surface area (Å²) >= 11 is 3.37. The van der Waals surface area contributed by atoms with E-state index in [0.29, 0.717) is 0 Å². The minimum Gasteiger partial charge on any atom is -0.508 e. The van der Waals surface area contributed by atoms with Crippen LogP contribution in [0.5, 0.6) is 5.75 Å². The number of rotatable bonds is 2. The van der Waals surface area contributed by atoms with Crippen molar-refractivity contribution in [3.05, 3.63) is 58.6 Å². The first-order valence-corrected chi connectivity index (χ1v) is 5.62. The van der Waals surface area contributed by atoms with Crippen molar-refractivity contribution in [2.45, 2.75) is 0 Å². The van der Waals surface area contributed by atoms with Crippen LogP contribution in [0.1, 0.15) is 5.56 Å². The molecule has 2 aromatic carbocycles. The summed E-state index contributed by atoms with van der Waals surface area (Å²) in [5.41, 5.74) is 1.76. The fourth-order valence-corrected chi connectivity index (χ4v) is 1.55. The maximum Gasteiger partial charge on any atom is 0.116 e. The van der Waals surface area contributed by atoms with E-state index >= 15 is 0 Å². The zero-order chi connectivity index (χ0) is 11.4. The Labute approximate surface area is 102 Å². The summed E-state index contributed by atoms with van der Waals surface area (Å²) in [7, 11) is 0. The van der Waals surface area contributed by atoms with Crippen LogP contribution in [0.4, 0.5) is 5.69 Å². The van der Waals surface area contributed by atoms with Crippen LogP contribution >= 0.6 is 15.9 Å². The van der Waals surface area contributed by atoms with Gasteiger partial charge in [0.1, 0.15) is 5.75 Å². The highest BCUT2D eigenvalue weighted by molar-refractivity contribution is 9.10. The first kappa shape index (κ1) is 10.9. The molecule has 0 amide bonds. The molecule has 16 heavy (non-hydrogen) atoms. The smallest absolute Gasteiger partial charge is 0.116 e. The van der Waals surface area contributed by atoms with Crippen molar-refractivity contribution >= 4 is 27.8 Å². The lowest BCUT2D eigenvalue weighted by Crippen LogP contribution is -1.78. The highest BCUT2D eigenvalue weighted by Crippen LogP contribution is 2.17. The van der Waals surface area contributed by atoms with Gasteiger partial charge in [0, 0.05) is 10.7 Å². The molecule has 0 aliphatic heterocycles. The van der Waals surface area contributed by atoms with Gasteiger partial charge in [-0.25, -0.2) is 0 Å². The van der Waals surface area contributed by atoms with Gasteiger partial charge in [0.2, 0.25) is 0 Å². The van der Waals surface area contributed by atoms with Gasteiger partial charge in [-0.2, -0.15) is 0 Å². The highest BCUT2D eigenvalue weighted by atomic mass is 79.9. The van der Waals surface area contributed by atoms with Crippen LogP contribution in [-0.4, -0.2) is 11.3 Å². The number of aliphatic imine (C=N–C) groups is 1. The minimum absolute atomic E-state index is 0.250. The van der Waals surface area contributed by atoms with E-state index in [-0.39, 0.29) is 5.75 Å². The molecule has 1 N–H and O–H groups in total. The number of benzene rings is 2. The fraction of sp³-hybridized carbons (Fsp3) is 0. The van der Waals surface area contributed by atoms with Crippen LogP contribution in [0.3, 0.4) is 0 Å². The average Bonchev–Trinajstić information content (AvgIpc) is 2.28. The number of hydrogen-bond acceptors (Lipinski definition) is 2. The van der Waals surface area contributed by atoms with E-state index in [9.17, 15) is 5.11 Å². The third-order valence-corrected chi connectivity index (χ3v) is 2.59. The molecule has 0 aliphatic carbocycles. The van der Waals surface area contributed by atoms with Crippen molar-refractivity contribution < 1.29 is 5.11 Å². The Morgan fingerprint density at radius 1 is 1.06 bits per heavy atom. The lowest BCUT2D eigenvalue weighted by atomic mass is 10.2. The van der Waals surface area contributed by atoms with Crippen molar-refractivity contribution in [3.8, 4) is 5.75 Å². The van der Waals surface area contributed by atoms with Gasteiger partial charge in [0.05, 0.1) is 5.69 Å². The van der Waals surface area contributed by atoms with Crippen LogP contribution in [0.2, 0.25) is 0 Å². The van der Waals surface area contributed by atoms with Gasteiger partial charge in [-0.15, -0.1) is 0 Å². The molecule has 0 aliphatic rings. The Hall–Kier alpha value is -1.61. The molecule has 0 saturated heterocycles. The maximum atomic E-state index is 9.28. The van der Waals surface area contributed by atoms with Gasteiger partial charge >= 0.3 is 0 Å². The Balaban J connectivity index is 2.18. The van der Waals surface area contributed by atoms with Gasteiger partial charge in [-0.05, 0) is 42.0 Å². The number of hydrogen-bond donors (Lipinski definition) is 1. The van der Waals surface area contributed by atoms with Gasteiger partial charge in [0.25, 0.3) is 0 Å². The molecule has 3 heteroatoms. The molecular formula is C13H10BrNO. The van der Waals surface area contributed by atoms with E-state index in [4.69, 9.17) is 0 Å². The van der Waals surface area contributed by atoms with Gasteiger partial charge in [-0.1, -0.05) is 28.1 Å². The molecule has 0 spiro atoms. The summed E-state index contributed by atoms with van der Waals surface area (Å²) in [5.74, 6) is 0.250. The number of aromatic hydroxyl groups is 1. The molecule has 2 aromatic rings. The first-order valence-electron chi connectivity index (χ1n) is 4.83. The molecule has 0 fully saturated rings. The SMILES string of the molecule is Oc1cccc(C=Nc2ccc(Br)cc2)c1. The first-order chi connectivity index (χ1) is 7.74. The molecule has 0 unspecified atom stereocenters. The van der Waals surface area contributed by atoms with E-state index in [1.165, 1.54) is 0 Å². The molecule has 80 valence electrons. The van der Waals surface area contributed by atoms with Crippen molar-refractivity contribution in [2.75, 3.05) is 0 Å². The molecule has 0 saturated carbocycles. The van der Waals surface area contributed by atoms with Crippen molar-refractivity contribution in [2.24, 2.45) is 4.99 Å². The third kappa shape index (κ3) is 2.94. The zero-order valence-electron chi connectivity index (χ0n) is 8.47. The lowest BCUT2D eigenvalue weighted by Gasteiger charge is -1.95. The van der Waals surface area contributed by atoms with Crippen LogP contribution < -0.4 is 0 Å². The monoisotopic (exact) mass is 275 g/mol. The number of phenols is 1. The molecule has 0 radical (unpaired) electrons. The van der Waals surface area contributed by atoms with Crippen molar-refractivity contribution in [1.29, 1.82) is 0 Å². The molecule has 0 aromatic heterocycles. The van der Waals surface area contributed by atoms with Gasteiger partial charge in [-0.3, -0.25) is 4.99 Å². The van der Waals surface area contributed by atoms with E-state index in [1.54, 1.807) is 24.4 Å². The lowest BCUT2D eigenvalue weighted by molar-refractivity contribution is 0.475. The molecule has 0 atom stereocenters. The standard InChI is InChI=1S/C13H10BrNO/c14-11-4-6-12(7-5-11)15-9-10-2-1-3-13(16)8-10/h1-9,16H. The average molecular weight is 276 g/mol. The predicted octanol–water partition coefficient (Wildman–Crippen LogP) is 3.91. The Morgan fingerprint density at radius 3 is 2.50 bits per heavy atom. The second kappa shape index (κ2) is 4.94. The van der Waals surface area contributed by atoms with Crippen LogP contribution in [0, 0.1) is 0 Å². The summed E-state index contributed by atoms with van der Waals surface area (Å²) in [6, 6.07) is 14.7. The van der Waals surface area contributed by atoms with Gasteiger partial charge < -0.3 is 5.11 Å².